The van der Waals surface area contributed by atoms with Gasteiger partial charge in [0.1, 0.15) is 0 Å². The first-order chi connectivity index (χ1) is 3.81. The van der Waals surface area contributed by atoms with Gasteiger partial charge in [0.15, 0.2) is 0 Å². The molecule has 48 valence electrons. The lowest BCUT2D eigenvalue weighted by molar-refractivity contribution is 0.338. The summed E-state index contributed by atoms with van der Waals surface area (Å²) >= 11 is 0. The minimum absolute atomic E-state index is 0.621. The summed E-state index contributed by atoms with van der Waals surface area (Å²) in [7, 11) is 3.47. The van der Waals surface area contributed by atoms with E-state index in [0.29, 0.717) is 6.54 Å². The Balaban J connectivity index is 3.17. The molecule has 0 saturated carbocycles. The smallest absolute Gasteiger partial charge is 0.0509 e. The third-order valence-corrected chi connectivity index (χ3v) is 0.695. The van der Waals surface area contributed by atoms with Crippen molar-refractivity contribution in [2.24, 2.45) is 16.1 Å². The zero-order chi connectivity index (χ0) is 6.41. The zero-order valence-electron chi connectivity index (χ0n) is 5.33. The van der Waals surface area contributed by atoms with Crippen LogP contribution in [0.5, 0.6) is 0 Å². The summed E-state index contributed by atoms with van der Waals surface area (Å²) in [6, 6.07) is 0. The quantitative estimate of drug-likeness (QED) is 0.412. The van der Waals surface area contributed by atoms with Crippen molar-refractivity contribution in [2.45, 2.75) is 0 Å². The van der Waals surface area contributed by atoms with Crippen molar-refractivity contribution in [3.05, 3.63) is 0 Å². The van der Waals surface area contributed by atoms with Gasteiger partial charge >= 0.3 is 0 Å². The normalized spacial score (nSPS) is 10.4. The van der Waals surface area contributed by atoms with Crippen LogP contribution < -0.4 is 5.73 Å². The van der Waals surface area contributed by atoms with Crippen LogP contribution in [0.1, 0.15) is 0 Å². The van der Waals surface area contributed by atoms with Gasteiger partial charge in [0.25, 0.3) is 0 Å². The fraction of sp³-hybridized carbons (Fsp3) is 1.00. The first-order valence-corrected chi connectivity index (χ1v) is 2.52. The van der Waals surface area contributed by atoms with E-state index in [1.54, 1.807) is 12.1 Å². The van der Waals surface area contributed by atoms with Crippen LogP contribution in [-0.2, 0) is 0 Å². The predicted octanol–water partition coefficient (Wildman–Crippen LogP) is -0.126. The zero-order valence-corrected chi connectivity index (χ0v) is 5.33. The summed E-state index contributed by atoms with van der Waals surface area (Å²) in [6.45, 7) is 1.38. The Labute approximate surface area is 49.4 Å². The maximum Gasteiger partial charge on any atom is 0.0509 e. The Morgan fingerprint density at radius 3 is 2.62 bits per heavy atom. The highest BCUT2D eigenvalue weighted by Gasteiger charge is 1.85. The number of nitrogens with two attached hydrogens (primary N) is 1. The average Bonchev–Trinajstić information content (AvgIpc) is 1.68. The highest BCUT2D eigenvalue weighted by atomic mass is 15.5. The molecule has 0 atom stereocenters. The lowest BCUT2D eigenvalue weighted by atomic mass is 10.6. The maximum absolute atomic E-state index is 5.22. The van der Waals surface area contributed by atoms with Gasteiger partial charge in [-0.15, -0.1) is 0 Å². The summed E-state index contributed by atoms with van der Waals surface area (Å²) in [5, 5.41) is 8.94. The first-order valence-electron chi connectivity index (χ1n) is 2.52. The largest absolute Gasteiger partial charge is 0.329 e. The molecule has 0 unspecified atom stereocenters. The molecule has 0 rings (SSSR count). The van der Waals surface area contributed by atoms with Gasteiger partial charge in [-0.1, -0.05) is 5.22 Å². The van der Waals surface area contributed by atoms with Gasteiger partial charge in [-0.2, -0.15) is 5.11 Å². The van der Waals surface area contributed by atoms with Crippen LogP contribution in [0.4, 0.5) is 0 Å². The Kier molecular flexibility index (Phi) is 4.16. The lowest BCUT2D eigenvalue weighted by Gasteiger charge is -2.06. The fourth-order valence-electron chi connectivity index (χ4n) is 0.384. The van der Waals surface area contributed by atoms with Gasteiger partial charge in [0.05, 0.1) is 7.05 Å². The van der Waals surface area contributed by atoms with Crippen LogP contribution in [0.25, 0.3) is 0 Å². The Hall–Kier alpha value is -0.640. The molecule has 0 saturated heterocycles. The molecule has 4 heteroatoms. The molecule has 0 radical (unpaired) electrons. The minimum atomic E-state index is 0.621. The van der Waals surface area contributed by atoms with Crippen LogP contribution in [-0.4, -0.2) is 32.2 Å². The number of rotatable bonds is 3. The van der Waals surface area contributed by atoms with Crippen LogP contribution in [0.15, 0.2) is 10.3 Å². The van der Waals surface area contributed by atoms with Crippen molar-refractivity contribution in [1.29, 1.82) is 0 Å². The second-order valence-electron chi connectivity index (χ2n) is 1.46. The van der Waals surface area contributed by atoms with Gasteiger partial charge in [-0.3, -0.25) is 5.01 Å². The molecule has 0 aliphatic carbocycles. The molecule has 0 fully saturated rings. The highest BCUT2D eigenvalue weighted by molar-refractivity contribution is 4.39. The van der Waals surface area contributed by atoms with Crippen LogP contribution >= 0.6 is 0 Å². The molecule has 0 aromatic heterocycles. The highest BCUT2D eigenvalue weighted by Crippen LogP contribution is 1.79. The van der Waals surface area contributed by atoms with E-state index < -0.39 is 0 Å². The van der Waals surface area contributed by atoms with Crippen LogP contribution in [0.2, 0.25) is 0 Å². The molecule has 0 bridgehead atoms. The van der Waals surface area contributed by atoms with Crippen LogP contribution in [0, 0.1) is 0 Å². The first kappa shape index (κ1) is 7.36. The summed E-state index contributed by atoms with van der Waals surface area (Å²) in [5.74, 6) is 0. The Morgan fingerprint density at radius 2 is 2.25 bits per heavy atom. The van der Waals surface area contributed by atoms with Crippen molar-refractivity contribution in [3.63, 3.8) is 0 Å². The Bertz CT molecular complexity index is 70.4. The van der Waals surface area contributed by atoms with Crippen molar-refractivity contribution in [3.8, 4) is 0 Å². The van der Waals surface area contributed by atoms with E-state index >= 15 is 0 Å². The van der Waals surface area contributed by atoms with Gasteiger partial charge < -0.3 is 5.73 Å². The fourth-order valence-corrected chi connectivity index (χ4v) is 0.384. The second kappa shape index (κ2) is 4.52. The number of hydrogen-bond donors (Lipinski definition) is 1. The molecule has 0 aromatic rings. The van der Waals surface area contributed by atoms with E-state index in [4.69, 9.17) is 5.73 Å². The predicted molar refractivity (Wildman–Crippen MR) is 32.5 cm³/mol. The lowest BCUT2D eigenvalue weighted by Crippen LogP contribution is -2.19. The average molecular weight is 116 g/mol. The standard InChI is InChI=1S/C4H12N4/c1-6-7-8(2)4-3-5/h3-5H2,1-2H3. The van der Waals surface area contributed by atoms with E-state index in [1.807, 2.05) is 7.05 Å². The number of hydrogen-bond acceptors (Lipinski definition) is 3. The second-order valence-corrected chi connectivity index (χ2v) is 1.46. The molecule has 0 amide bonds. The van der Waals surface area contributed by atoms with E-state index in [0.717, 1.165) is 6.54 Å². The molecule has 0 spiro atoms. The van der Waals surface area contributed by atoms with E-state index in [9.17, 15) is 0 Å². The topological polar surface area (TPSA) is 54.0 Å². The van der Waals surface area contributed by atoms with E-state index in [-0.39, 0.29) is 0 Å². The monoisotopic (exact) mass is 116 g/mol. The van der Waals surface area contributed by atoms with Crippen molar-refractivity contribution in [1.82, 2.24) is 5.01 Å². The molecule has 4 nitrogen and oxygen atoms in total. The number of nitrogens with zero attached hydrogens (tertiary/aromatic N) is 3. The maximum atomic E-state index is 5.22. The molecular formula is C4H12N4. The van der Waals surface area contributed by atoms with Crippen molar-refractivity contribution in [2.75, 3.05) is 27.2 Å². The minimum Gasteiger partial charge on any atom is -0.329 e. The van der Waals surface area contributed by atoms with E-state index in [2.05, 4.69) is 10.3 Å². The van der Waals surface area contributed by atoms with Gasteiger partial charge in [-0.25, -0.2) is 0 Å². The van der Waals surface area contributed by atoms with Gasteiger partial charge in [-0.05, 0) is 0 Å². The molecule has 0 aliphatic rings. The molecule has 0 heterocycles. The van der Waals surface area contributed by atoms with Crippen molar-refractivity contribution >= 4 is 0 Å². The summed E-state index contributed by atoms with van der Waals surface area (Å²) < 4.78 is 0. The van der Waals surface area contributed by atoms with Crippen LogP contribution in [0.3, 0.4) is 0 Å². The Morgan fingerprint density at radius 1 is 1.62 bits per heavy atom. The molecule has 0 aliphatic heterocycles. The van der Waals surface area contributed by atoms with Crippen molar-refractivity contribution < 1.29 is 0 Å². The summed E-state index contributed by atoms with van der Waals surface area (Å²) in [4.78, 5) is 0. The third kappa shape index (κ3) is 3.55. The van der Waals surface area contributed by atoms with E-state index in [1.165, 1.54) is 0 Å². The molecule has 2 N–H and O–H groups in total. The third-order valence-electron chi connectivity index (χ3n) is 0.695. The SMILES string of the molecule is CN=NN(C)CCN. The molecule has 0 aromatic carbocycles. The summed E-state index contributed by atoms with van der Waals surface area (Å²) in [6.07, 6.45) is 0. The molecule has 8 heavy (non-hydrogen) atoms. The van der Waals surface area contributed by atoms with Gasteiger partial charge in [0, 0.05) is 20.1 Å². The molecular weight excluding hydrogens is 104 g/mol. The summed E-state index contributed by atoms with van der Waals surface area (Å²) in [5.41, 5.74) is 5.22. The number of likely N-dealkylation sites (N-methyl/N-ethyl adjacent to an activating group) is 1. The van der Waals surface area contributed by atoms with Gasteiger partial charge in [0.2, 0.25) is 0 Å².